The van der Waals surface area contributed by atoms with Crippen molar-refractivity contribution in [1.82, 2.24) is 0 Å². The van der Waals surface area contributed by atoms with Gasteiger partial charge in [-0.3, -0.25) is 0 Å². The molecule has 0 aromatic heterocycles. The van der Waals surface area contributed by atoms with E-state index in [4.69, 9.17) is 9.47 Å². The molecule has 1 heterocycles. The summed E-state index contributed by atoms with van der Waals surface area (Å²) in [4.78, 5) is 0. The van der Waals surface area contributed by atoms with Crippen LogP contribution in [0.3, 0.4) is 0 Å². The number of fused-ring (bicyclic) bond motifs is 1. The van der Waals surface area contributed by atoms with Gasteiger partial charge in [-0.1, -0.05) is 27.7 Å². The predicted octanol–water partition coefficient (Wildman–Crippen LogP) is 2.53. The fraction of sp³-hybridized carbons (Fsp3) is 1.00. The first-order valence-electron chi connectivity index (χ1n) is 8.52. The average Bonchev–Trinajstić information content (AvgIpc) is 3.02. The van der Waals surface area contributed by atoms with Crippen molar-refractivity contribution in [3.63, 3.8) is 0 Å². The Bertz CT molecular complexity index is 385. The molecule has 0 radical (unpaired) electrons. The average molecular weight is 298 g/mol. The van der Waals surface area contributed by atoms with E-state index in [1.54, 1.807) is 0 Å². The molecule has 0 amide bonds. The highest BCUT2D eigenvalue weighted by Crippen LogP contribution is 2.57. The topological polar surface area (TPSA) is 58.9 Å². The lowest BCUT2D eigenvalue weighted by Gasteiger charge is -2.38. The second-order valence-electron chi connectivity index (χ2n) is 8.11. The highest BCUT2D eigenvalue weighted by atomic mass is 16.7. The molecule has 3 fully saturated rings. The fourth-order valence-electron chi connectivity index (χ4n) is 4.93. The van der Waals surface area contributed by atoms with Gasteiger partial charge in [0.15, 0.2) is 12.6 Å². The molecule has 2 bridgehead atoms. The molecule has 4 heteroatoms. The smallest absolute Gasteiger partial charge is 0.160 e. The van der Waals surface area contributed by atoms with Crippen molar-refractivity contribution in [2.45, 2.75) is 78.2 Å². The van der Waals surface area contributed by atoms with E-state index in [1.807, 2.05) is 0 Å². The zero-order chi connectivity index (χ0) is 15.4. The van der Waals surface area contributed by atoms with Crippen LogP contribution in [0, 0.1) is 29.1 Å². The summed E-state index contributed by atoms with van der Waals surface area (Å²) in [5.74, 6) is 1.70. The summed E-state index contributed by atoms with van der Waals surface area (Å²) >= 11 is 0. The Kier molecular flexibility index (Phi) is 4.11. The zero-order valence-electron chi connectivity index (χ0n) is 13.7. The molecule has 2 saturated carbocycles. The number of hydrogen-bond donors (Lipinski definition) is 2. The molecule has 3 aliphatic rings. The van der Waals surface area contributed by atoms with Crippen LogP contribution in [0.2, 0.25) is 0 Å². The number of aliphatic hydroxyl groups excluding tert-OH is 2. The Morgan fingerprint density at radius 2 is 1.95 bits per heavy atom. The summed E-state index contributed by atoms with van der Waals surface area (Å²) in [7, 11) is 0. The minimum Gasteiger partial charge on any atom is -0.368 e. The highest BCUT2D eigenvalue weighted by molar-refractivity contribution is 5.07. The van der Waals surface area contributed by atoms with E-state index in [9.17, 15) is 10.2 Å². The maximum Gasteiger partial charge on any atom is 0.160 e. The molecular weight excluding hydrogens is 268 g/mol. The summed E-state index contributed by atoms with van der Waals surface area (Å²) in [6.45, 7) is 8.58. The molecule has 3 rings (SSSR count). The second-order valence-corrected chi connectivity index (χ2v) is 8.11. The summed E-state index contributed by atoms with van der Waals surface area (Å²) < 4.78 is 11.8. The van der Waals surface area contributed by atoms with Gasteiger partial charge in [0.1, 0.15) is 0 Å². The quantitative estimate of drug-likeness (QED) is 0.740. The maximum atomic E-state index is 10.7. The third kappa shape index (κ3) is 2.54. The summed E-state index contributed by atoms with van der Waals surface area (Å²) in [6.07, 6.45) is 2.46. The standard InChI is InChI=1S/C17H30O4/c1-5-17(4,8-9(2)3)16(19)21-13-10-6-11-12(7-10)15(18)20-14(11)13/h9-16,18-19H,5-8H2,1-4H3. The maximum absolute atomic E-state index is 10.7. The van der Waals surface area contributed by atoms with Gasteiger partial charge >= 0.3 is 0 Å². The monoisotopic (exact) mass is 298 g/mol. The van der Waals surface area contributed by atoms with E-state index in [0.717, 1.165) is 25.7 Å². The molecule has 1 saturated heterocycles. The lowest BCUT2D eigenvalue weighted by molar-refractivity contribution is -0.232. The van der Waals surface area contributed by atoms with Crippen LogP contribution in [0.5, 0.6) is 0 Å². The highest BCUT2D eigenvalue weighted by Gasteiger charge is 2.62. The Morgan fingerprint density at radius 1 is 1.29 bits per heavy atom. The van der Waals surface area contributed by atoms with Crippen LogP contribution in [-0.4, -0.2) is 35.0 Å². The lowest BCUT2D eigenvalue weighted by Crippen LogP contribution is -2.43. The van der Waals surface area contributed by atoms with Crippen LogP contribution in [0.1, 0.15) is 53.4 Å². The minimum absolute atomic E-state index is 0.0152. The SMILES string of the molecule is CCC(C)(CC(C)C)C(O)OC1C2CC3C(O)OC1C3C2. The molecular formula is C17H30O4. The lowest BCUT2D eigenvalue weighted by atomic mass is 9.78. The zero-order valence-corrected chi connectivity index (χ0v) is 13.7. The van der Waals surface area contributed by atoms with Crippen LogP contribution in [0.25, 0.3) is 0 Å². The van der Waals surface area contributed by atoms with Crippen molar-refractivity contribution in [3.8, 4) is 0 Å². The van der Waals surface area contributed by atoms with E-state index in [1.165, 1.54) is 0 Å². The van der Waals surface area contributed by atoms with Gasteiger partial charge in [0.25, 0.3) is 0 Å². The van der Waals surface area contributed by atoms with Gasteiger partial charge in [-0.15, -0.1) is 0 Å². The van der Waals surface area contributed by atoms with Crippen LogP contribution in [0.4, 0.5) is 0 Å². The molecule has 0 aromatic carbocycles. The normalized spacial score (nSPS) is 45.3. The van der Waals surface area contributed by atoms with E-state index >= 15 is 0 Å². The Hall–Kier alpha value is -0.160. The van der Waals surface area contributed by atoms with Crippen molar-refractivity contribution in [1.29, 1.82) is 0 Å². The first-order chi connectivity index (χ1) is 9.85. The number of aliphatic hydroxyl groups is 2. The van der Waals surface area contributed by atoms with Gasteiger partial charge in [0, 0.05) is 11.3 Å². The molecule has 2 N–H and O–H groups in total. The van der Waals surface area contributed by atoms with Crippen LogP contribution in [-0.2, 0) is 9.47 Å². The van der Waals surface area contributed by atoms with Crippen LogP contribution >= 0.6 is 0 Å². The van der Waals surface area contributed by atoms with Gasteiger partial charge in [-0.05, 0) is 43.4 Å². The Morgan fingerprint density at radius 3 is 2.57 bits per heavy atom. The van der Waals surface area contributed by atoms with Crippen molar-refractivity contribution < 1.29 is 19.7 Å². The molecule has 122 valence electrons. The van der Waals surface area contributed by atoms with Crippen molar-refractivity contribution in [3.05, 3.63) is 0 Å². The molecule has 1 aliphatic heterocycles. The van der Waals surface area contributed by atoms with Crippen molar-refractivity contribution in [2.75, 3.05) is 0 Å². The molecule has 0 aromatic rings. The van der Waals surface area contributed by atoms with E-state index in [0.29, 0.717) is 23.7 Å². The Balaban J connectivity index is 1.67. The van der Waals surface area contributed by atoms with Crippen molar-refractivity contribution in [2.24, 2.45) is 29.1 Å². The molecule has 8 atom stereocenters. The van der Waals surface area contributed by atoms with Gasteiger partial charge in [-0.2, -0.15) is 0 Å². The molecule has 8 unspecified atom stereocenters. The second kappa shape index (κ2) is 5.48. The number of hydrogen-bond acceptors (Lipinski definition) is 4. The first-order valence-corrected chi connectivity index (χ1v) is 8.52. The molecule has 2 aliphatic carbocycles. The van der Waals surface area contributed by atoms with Gasteiger partial charge in [0.2, 0.25) is 0 Å². The Labute approximate surface area is 127 Å². The molecule has 0 spiro atoms. The fourth-order valence-corrected chi connectivity index (χ4v) is 4.93. The van der Waals surface area contributed by atoms with Gasteiger partial charge in [-0.25, -0.2) is 0 Å². The van der Waals surface area contributed by atoms with Crippen LogP contribution < -0.4 is 0 Å². The van der Waals surface area contributed by atoms with Gasteiger partial charge in [0.05, 0.1) is 12.2 Å². The number of ether oxygens (including phenoxy) is 2. The van der Waals surface area contributed by atoms with E-state index in [-0.39, 0.29) is 17.6 Å². The third-order valence-electron chi connectivity index (χ3n) is 6.14. The van der Waals surface area contributed by atoms with E-state index in [2.05, 4.69) is 27.7 Å². The molecule has 4 nitrogen and oxygen atoms in total. The van der Waals surface area contributed by atoms with Crippen molar-refractivity contribution >= 4 is 0 Å². The van der Waals surface area contributed by atoms with Gasteiger partial charge < -0.3 is 19.7 Å². The molecule has 21 heavy (non-hydrogen) atoms. The summed E-state index contributed by atoms with van der Waals surface area (Å²) in [5, 5.41) is 20.6. The minimum atomic E-state index is -0.756. The first kappa shape index (κ1) is 15.7. The largest absolute Gasteiger partial charge is 0.368 e. The van der Waals surface area contributed by atoms with Crippen LogP contribution in [0.15, 0.2) is 0 Å². The predicted molar refractivity (Wildman–Crippen MR) is 79.3 cm³/mol. The number of rotatable bonds is 6. The van der Waals surface area contributed by atoms with E-state index < -0.39 is 12.6 Å². The summed E-state index contributed by atoms with van der Waals surface area (Å²) in [6, 6.07) is 0. The summed E-state index contributed by atoms with van der Waals surface area (Å²) in [5.41, 5.74) is -0.216. The third-order valence-corrected chi connectivity index (χ3v) is 6.14.